The highest BCUT2D eigenvalue weighted by Gasteiger charge is 2.35. The number of non-ortho nitro benzene ring substituents is 2. The number of ether oxygens (including phenoxy) is 2. The number of nitro benzene ring substituents is 2. The molecule has 2 amide bonds. The predicted octanol–water partition coefficient (Wildman–Crippen LogP) is 5.33. The first-order chi connectivity index (χ1) is 17.7. The number of carbonyl (C=O) groups is 2. The molecule has 0 aliphatic carbocycles. The van der Waals surface area contributed by atoms with Crippen molar-refractivity contribution in [3.8, 4) is 11.5 Å². The number of hydrogen-bond acceptors (Lipinski definition) is 9. The molecule has 1 heterocycles. The lowest BCUT2D eigenvalue weighted by molar-refractivity contribution is -0.385. The summed E-state index contributed by atoms with van der Waals surface area (Å²) < 4.78 is 11.2. The van der Waals surface area contributed by atoms with Crippen LogP contribution in [-0.4, -0.2) is 33.0 Å². The number of hydrogen-bond donors (Lipinski definition) is 0. The van der Waals surface area contributed by atoms with Gasteiger partial charge in [-0.1, -0.05) is 18.2 Å². The Bertz CT molecular complexity index is 1400. The summed E-state index contributed by atoms with van der Waals surface area (Å²) in [7, 11) is 1.47. The highest BCUT2D eigenvalue weighted by Crippen LogP contribution is 2.35. The van der Waals surface area contributed by atoms with Gasteiger partial charge in [0.2, 0.25) is 0 Å². The quantitative estimate of drug-likeness (QED) is 0.207. The van der Waals surface area contributed by atoms with Crippen molar-refractivity contribution >= 4 is 40.4 Å². The topological polar surface area (TPSA) is 142 Å². The average Bonchev–Trinajstić information content (AvgIpc) is 3.15. The third kappa shape index (κ3) is 5.93. The van der Waals surface area contributed by atoms with Gasteiger partial charge in [-0.15, -0.1) is 0 Å². The summed E-state index contributed by atoms with van der Waals surface area (Å²) in [5.74, 6) is 0.371. The van der Waals surface area contributed by atoms with Crippen molar-refractivity contribution in [1.29, 1.82) is 0 Å². The van der Waals surface area contributed by atoms with E-state index in [1.54, 1.807) is 36.4 Å². The molecule has 0 radical (unpaired) electrons. The third-order valence-electron chi connectivity index (χ3n) is 5.39. The Hall–Kier alpha value is -4.71. The van der Waals surface area contributed by atoms with Gasteiger partial charge in [-0.25, -0.2) is 0 Å². The van der Waals surface area contributed by atoms with Crippen LogP contribution in [0.3, 0.4) is 0 Å². The molecular formula is C25H19N3O8S. The maximum absolute atomic E-state index is 12.9. The lowest BCUT2D eigenvalue weighted by Crippen LogP contribution is -2.27. The Morgan fingerprint density at radius 2 is 1.46 bits per heavy atom. The van der Waals surface area contributed by atoms with Crippen molar-refractivity contribution in [3.63, 3.8) is 0 Å². The number of benzene rings is 3. The first kappa shape index (κ1) is 25.4. The summed E-state index contributed by atoms with van der Waals surface area (Å²) in [5.41, 5.74) is 1.85. The summed E-state index contributed by atoms with van der Waals surface area (Å²) in [6, 6.07) is 16.7. The zero-order chi connectivity index (χ0) is 26.5. The van der Waals surface area contributed by atoms with E-state index in [-0.39, 0.29) is 29.4 Å². The van der Waals surface area contributed by atoms with Crippen molar-refractivity contribution in [2.45, 2.75) is 13.2 Å². The Kier molecular flexibility index (Phi) is 7.49. The summed E-state index contributed by atoms with van der Waals surface area (Å²) in [6.07, 6.45) is 1.57. The largest absolute Gasteiger partial charge is 0.493 e. The molecule has 37 heavy (non-hydrogen) atoms. The number of carbonyl (C=O) groups excluding carboxylic acids is 2. The standard InChI is InChI=1S/C25H19N3O8S/c1-35-22-12-18(6-11-21(22)36-15-17-4-9-20(10-5-17)28(33)34)13-23-24(29)26(25(30)37-23)14-16-2-7-19(8-3-16)27(31)32/h2-13H,14-15H2,1H3/b23-13-. The molecular weight excluding hydrogens is 502 g/mol. The highest BCUT2D eigenvalue weighted by atomic mass is 32.2. The van der Waals surface area contributed by atoms with Gasteiger partial charge < -0.3 is 9.47 Å². The molecule has 188 valence electrons. The van der Waals surface area contributed by atoms with Gasteiger partial charge in [0.1, 0.15) is 6.61 Å². The fraction of sp³-hybridized carbons (Fsp3) is 0.120. The Balaban J connectivity index is 1.44. The molecule has 3 aromatic carbocycles. The second-order valence-electron chi connectivity index (χ2n) is 7.81. The van der Waals surface area contributed by atoms with Crippen molar-refractivity contribution in [2.75, 3.05) is 7.11 Å². The van der Waals surface area contributed by atoms with Crippen LogP contribution in [0, 0.1) is 20.2 Å². The summed E-state index contributed by atoms with van der Waals surface area (Å²) in [5, 5.41) is 21.2. The zero-order valence-electron chi connectivity index (χ0n) is 19.4. The van der Waals surface area contributed by atoms with E-state index >= 15 is 0 Å². The molecule has 0 bridgehead atoms. The number of methoxy groups -OCH3 is 1. The first-order valence-corrected chi connectivity index (χ1v) is 11.6. The second kappa shape index (κ2) is 10.9. The SMILES string of the molecule is COc1cc(/C=C2\SC(=O)N(Cc3ccc([N+](=O)[O-])cc3)C2=O)ccc1OCc1ccc([N+](=O)[O-])cc1. The van der Waals surface area contributed by atoms with E-state index in [9.17, 15) is 29.8 Å². The molecule has 1 aliphatic heterocycles. The van der Waals surface area contributed by atoms with E-state index in [2.05, 4.69) is 0 Å². The van der Waals surface area contributed by atoms with E-state index in [0.717, 1.165) is 22.2 Å². The average molecular weight is 522 g/mol. The van der Waals surface area contributed by atoms with Crippen molar-refractivity contribution in [3.05, 3.63) is 109 Å². The van der Waals surface area contributed by atoms with Crippen LogP contribution in [0.25, 0.3) is 6.08 Å². The molecule has 1 aliphatic rings. The number of rotatable bonds is 9. The lowest BCUT2D eigenvalue weighted by atomic mass is 10.1. The molecule has 1 saturated heterocycles. The van der Waals surface area contributed by atoms with E-state index in [0.29, 0.717) is 22.6 Å². The van der Waals surface area contributed by atoms with Crippen LogP contribution >= 0.6 is 11.8 Å². The second-order valence-corrected chi connectivity index (χ2v) is 8.81. The molecule has 0 atom stereocenters. The van der Waals surface area contributed by atoms with Gasteiger partial charge in [0.25, 0.3) is 22.5 Å². The van der Waals surface area contributed by atoms with E-state index in [1.165, 1.54) is 43.5 Å². The lowest BCUT2D eigenvalue weighted by Gasteiger charge is -2.12. The van der Waals surface area contributed by atoms with Gasteiger partial charge >= 0.3 is 0 Å². The molecule has 11 nitrogen and oxygen atoms in total. The molecule has 1 fully saturated rings. The Labute approximate surface area is 214 Å². The zero-order valence-corrected chi connectivity index (χ0v) is 20.2. The number of amides is 2. The third-order valence-corrected chi connectivity index (χ3v) is 6.30. The van der Waals surface area contributed by atoms with Gasteiger partial charge in [-0.05, 0) is 58.8 Å². The molecule has 12 heteroatoms. The van der Waals surface area contributed by atoms with Crippen LogP contribution in [0.15, 0.2) is 71.6 Å². The van der Waals surface area contributed by atoms with Crippen LogP contribution < -0.4 is 9.47 Å². The van der Waals surface area contributed by atoms with Crippen molar-refractivity contribution in [1.82, 2.24) is 4.90 Å². The van der Waals surface area contributed by atoms with Crippen LogP contribution in [0.4, 0.5) is 16.2 Å². The Morgan fingerprint density at radius 3 is 2.03 bits per heavy atom. The van der Waals surface area contributed by atoms with E-state index in [4.69, 9.17) is 9.47 Å². The summed E-state index contributed by atoms with van der Waals surface area (Å²) in [4.78, 5) is 47.2. The van der Waals surface area contributed by atoms with E-state index < -0.39 is 21.0 Å². The van der Waals surface area contributed by atoms with Crippen molar-refractivity contribution in [2.24, 2.45) is 0 Å². The van der Waals surface area contributed by atoms with Gasteiger partial charge in [-0.2, -0.15) is 0 Å². The fourth-order valence-corrected chi connectivity index (χ4v) is 4.30. The van der Waals surface area contributed by atoms with Crippen LogP contribution in [0.1, 0.15) is 16.7 Å². The fourth-order valence-electron chi connectivity index (χ4n) is 3.46. The molecule has 0 saturated carbocycles. The Morgan fingerprint density at radius 1 is 0.865 bits per heavy atom. The molecule has 4 rings (SSSR count). The number of nitrogens with zero attached hydrogens (tertiary/aromatic N) is 3. The highest BCUT2D eigenvalue weighted by molar-refractivity contribution is 8.18. The van der Waals surface area contributed by atoms with Crippen LogP contribution in [-0.2, 0) is 17.9 Å². The van der Waals surface area contributed by atoms with Gasteiger partial charge in [-0.3, -0.25) is 34.7 Å². The first-order valence-electron chi connectivity index (χ1n) is 10.8. The molecule has 0 N–H and O–H groups in total. The normalized spacial score (nSPS) is 14.2. The number of thioether (sulfide) groups is 1. The minimum Gasteiger partial charge on any atom is -0.493 e. The molecule has 3 aromatic rings. The van der Waals surface area contributed by atoms with Crippen LogP contribution in [0.5, 0.6) is 11.5 Å². The maximum Gasteiger partial charge on any atom is 0.293 e. The smallest absolute Gasteiger partial charge is 0.293 e. The van der Waals surface area contributed by atoms with Crippen molar-refractivity contribution < 1.29 is 28.9 Å². The summed E-state index contributed by atoms with van der Waals surface area (Å²) in [6.45, 7) is 0.161. The van der Waals surface area contributed by atoms with E-state index in [1.807, 2.05) is 0 Å². The van der Waals surface area contributed by atoms with Gasteiger partial charge in [0.15, 0.2) is 11.5 Å². The number of nitro groups is 2. The van der Waals surface area contributed by atoms with Gasteiger partial charge in [0, 0.05) is 24.3 Å². The maximum atomic E-state index is 12.9. The predicted molar refractivity (Wildman–Crippen MR) is 135 cm³/mol. The minimum absolute atomic E-state index is 0.00125. The number of imide groups is 1. The monoisotopic (exact) mass is 521 g/mol. The van der Waals surface area contributed by atoms with Gasteiger partial charge in [0.05, 0.1) is 28.4 Å². The molecule has 0 aromatic heterocycles. The minimum atomic E-state index is -0.521. The van der Waals surface area contributed by atoms with Crippen LogP contribution in [0.2, 0.25) is 0 Å². The summed E-state index contributed by atoms with van der Waals surface area (Å²) >= 11 is 0.803. The molecule has 0 unspecified atom stereocenters. The molecule has 0 spiro atoms.